The molecule has 5 rings (SSSR count). The van der Waals surface area contributed by atoms with Gasteiger partial charge in [0.1, 0.15) is 12.3 Å². The minimum atomic E-state index is -1.63. The summed E-state index contributed by atoms with van der Waals surface area (Å²) in [6.07, 6.45) is 2.52. The van der Waals surface area contributed by atoms with E-state index >= 15 is 0 Å². The summed E-state index contributed by atoms with van der Waals surface area (Å²) in [4.78, 5) is 18.0. The van der Waals surface area contributed by atoms with Crippen LogP contribution in [0.4, 0.5) is 5.69 Å². The van der Waals surface area contributed by atoms with Crippen LogP contribution in [-0.2, 0) is 11.3 Å². The first-order valence-corrected chi connectivity index (χ1v) is 16.4. The lowest BCUT2D eigenvalue weighted by atomic mass is 9.75. The van der Waals surface area contributed by atoms with Crippen LogP contribution in [0.15, 0.2) is 91.0 Å². The van der Waals surface area contributed by atoms with Gasteiger partial charge < -0.3 is 25.0 Å². The molecule has 0 saturated carbocycles. The van der Waals surface area contributed by atoms with Crippen molar-refractivity contribution in [3.8, 4) is 28.3 Å². The first kappa shape index (κ1) is 38.9. The SMILES string of the molecule is CC(C)CC(NC(=O)Cn1nc(-c2cccc(OCCCCN3CCN(c4ccccc4)CC3)c2)cc1-c1ccccc1)B(O)O.Cl.Cl. The van der Waals surface area contributed by atoms with Crippen molar-refractivity contribution in [2.45, 2.75) is 45.6 Å². The van der Waals surface area contributed by atoms with Gasteiger partial charge in [-0.2, -0.15) is 5.10 Å². The minimum absolute atomic E-state index is 0. The third-order valence-corrected chi connectivity index (χ3v) is 8.34. The van der Waals surface area contributed by atoms with Crippen LogP contribution in [0.5, 0.6) is 5.75 Å². The molecular formula is C36H48BCl2N5O4. The van der Waals surface area contributed by atoms with Crippen molar-refractivity contribution < 1.29 is 19.6 Å². The van der Waals surface area contributed by atoms with E-state index in [1.54, 1.807) is 4.68 Å². The van der Waals surface area contributed by atoms with Gasteiger partial charge >= 0.3 is 7.12 Å². The number of piperazine rings is 1. The Labute approximate surface area is 297 Å². The number of amides is 1. The number of nitrogens with one attached hydrogen (secondary N) is 1. The molecule has 0 aliphatic carbocycles. The Morgan fingerprint density at radius 1 is 0.875 bits per heavy atom. The second-order valence-electron chi connectivity index (χ2n) is 12.4. The zero-order chi connectivity index (χ0) is 32.3. The number of carbonyl (C=O) groups excluding carboxylic acids is 1. The number of halogens is 2. The summed E-state index contributed by atoms with van der Waals surface area (Å²) in [6, 6.07) is 30.3. The molecule has 4 aromatic rings. The number of aromatic nitrogens is 2. The minimum Gasteiger partial charge on any atom is -0.494 e. The predicted octanol–water partition coefficient (Wildman–Crippen LogP) is 5.58. The molecule has 0 spiro atoms. The number of ether oxygens (including phenoxy) is 1. The molecule has 3 N–H and O–H groups in total. The van der Waals surface area contributed by atoms with Crippen molar-refractivity contribution in [3.63, 3.8) is 0 Å². The maximum absolute atomic E-state index is 13.0. The molecule has 1 fully saturated rings. The number of anilines is 1. The lowest BCUT2D eigenvalue weighted by Crippen LogP contribution is -2.48. The third kappa shape index (κ3) is 11.3. The fourth-order valence-corrected chi connectivity index (χ4v) is 5.91. The van der Waals surface area contributed by atoms with Crippen molar-refractivity contribution in [1.29, 1.82) is 0 Å². The number of hydrogen-bond acceptors (Lipinski definition) is 7. The van der Waals surface area contributed by atoms with Crippen LogP contribution in [0.2, 0.25) is 0 Å². The summed E-state index contributed by atoms with van der Waals surface area (Å²) in [5.41, 5.74) is 4.66. The quantitative estimate of drug-likeness (QED) is 0.110. The number of unbranched alkanes of at least 4 members (excludes halogenated alkanes) is 1. The first-order valence-electron chi connectivity index (χ1n) is 16.4. The normalized spacial score (nSPS) is 13.7. The molecule has 2 heterocycles. The maximum atomic E-state index is 13.0. The van der Waals surface area contributed by atoms with E-state index in [0.29, 0.717) is 13.0 Å². The van der Waals surface area contributed by atoms with Gasteiger partial charge in [0.05, 0.1) is 23.9 Å². The molecule has 3 aromatic carbocycles. The molecule has 12 heteroatoms. The van der Waals surface area contributed by atoms with Crippen LogP contribution >= 0.6 is 24.8 Å². The number of rotatable bonds is 15. The lowest BCUT2D eigenvalue weighted by Gasteiger charge is -2.36. The smallest absolute Gasteiger partial charge is 0.475 e. The Bertz CT molecular complexity index is 1520. The van der Waals surface area contributed by atoms with Gasteiger partial charge in [-0.3, -0.25) is 14.4 Å². The van der Waals surface area contributed by atoms with E-state index in [1.807, 2.05) is 74.5 Å². The topological polar surface area (TPSA) is 103 Å². The van der Waals surface area contributed by atoms with Gasteiger partial charge in [-0.25, -0.2) is 0 Å². The Kier molecular flexibility index (Phi) is 15.8. The number of nitrogens with zero attached hydrogens (tertiary/aromatic N) is 4. The average Bonchev–Trinajstić information content (AvgIpc) is 3.49. The molecule has 9 nitrogen and oxygen atoms in total. The molecule has 258 valence electrons. The highest BCUT2D eigenvalue weighted by molar-refractivity contribution is 6.43. The number of para-hydroxylation sites is 1. The van der Waals surface area contributed by atoms with Gasteiger partial charge in [-0.05, 0) is 67.6 Å². The van der Waals surface area contributed by atoms with E-state index in [1.165, 1.54) is 5.69 Å². The summed E-state index contributed by atoms with van der Waals surface area (Å²) in [6.45, 7) is 9.90. The van der Waals surface area contributed by atoms with Crippen LogP contribution < -0.4 is 15.0 Å². The predicted molar refractivity (Wildman–Crippen MR) is 199 cm³/mol. The molecular weight excluding hydrogens is 648 g/mol. The highest BCUT2D eigenvalue weighted by Crippen LogP contribution is 2.28. The van der Waals surface area contributed by atoms with Crippen molar-refractivity contribution in [3.05, 3.63) is 91.0 Å². The van der Waals surface area contributed by atoms with E-state index < -0.39 is 13.1 Å². The molecule has 0 radical (unpaired) electrons. The lowest BCUT2D eigenvalue weighted by molar-refractivity contribution is -0.122. The van der Waals surface area contributed by atoms with Gasteiger partial charge in [0.15, 0.2) is 0 Å². The Balaban J connectivity index is 0.00000312. The Morgan fingerprint density at radius 3 is 2.21 bits per heavy atom. The zero-order valence-electron chi connectivity index (χ0n) is 27.8. The summed E-state index contributed by atoms with van der Waals surface area (Å²) in [5.74, 6) is -0.0998. The van der Waals surface area contributed by atoms with Crippen LogP contribution in [0, 0.1) is 5.92 Å². The maximum Gasteiger partial charge on any atom is 0.475 e. The van der Waals surface area contributed by atoms with Crippen molar-refractivity contribution in [2.75, 3.05) is 44.2 Å². The Morgan fingerprint density at radius 2 is 1.54 bits per heavy atom. The van der Waals surface area contributed by atoms with Gasteiger partial charge in [0, 0.05) is 37.4 Å². The van der Waals surface area contributed by atoms with Crippen molar-refractivity contribution in [2.24, 2.45) is 5.92 Å². The molecule has 1 aliphatic rings. The van der Waals surface area contributed by atoms with Crippen molar-refractivity contribution in [1.82, 2.24) is 20.0 Å². The molecule has 0 bridgehead atoms. The van der Waals surface area contributed by atoms with Gasteiger partial charge in [-0.15, -0.1) is 24.8 Å². The van der Waals surface area contributed by atoms with Crippen LogP contribution in [0.25, 0.3) is 22.5 Å². The molecule has 1 atom stereocenters. The van der Waals surface area contributed by atoms with E-state index in [9.17, 15) is 14.8 Å². The molecule has 1 saturated heterocycles. The number of carbonyl (C=O) groups is 1. The standard InChI is InChI=1S/C36H46BN5O4.2ClH/c1-28(2)24-35(37(44)45)38-36(43)27-42-34(29-12-5-3-6-13-29)26-33(39-42)30-14-11-17-32(25-30)46-23-10-9-18-40-19-21-41(22-20-40)31-15-7-4-8-16-31;;/h3-8,11-17,25-26,28,35,44-45H,9-10,18-24,27H2,1-2H3,(H,38,43);2*1H. The average molecular weight is 697 g/mol. The second kappa shape index (κ2) is 19.5. The summed E-state index contributed by atoms with van der Waals surface area (Å²) >= 11 is 0. The largest absolute Gasteiger partial charge is 0.494 e. The molecule has 48 heavy (non-hydrogen) atoms. The molecule has 1 amide bonds. The van der Waals surface area contributed by atoms with E-state index in [4.69, 9.17) is 9.84 Å². The van der Waals surface area contributed by atoms with Crippen LogP contribution in [-0.4, -0.2) is 83.0 Å². The van der Waals surface area contributed by atoms with Gasteiger partial charge in [-0.1, -0.05) is 74.5 Å². The highest BCUT2D eigenvalue weighted by Gasteiger charge is 2.26. The second-order valence-corrected chi connectivity index (χ2v) is 12.4. The molecule has 1 unspecified atom stereocenters. The molecule has 1 aromatic heterocycles. The van der Waals surface area contributed by atoms with E-state index in [0.717, 1.165) is 73.8 Å². The fraction of sp³-hybridized carbons (Fsp3) is 0.389. The third-order valence-electron chi connectivity index (χ3n) is 8.34. The van der Waals surface area contributed by atoms with Crippen LogP contribution in [0.1, 0.15) is 33.1 Å². The fourth-order valence-electron chi connectivity index (χ4n) is 5.91. The highest BCUT2D eigenvalue weighted by atomic mass is 35.5. The Hall–Kier alpha value is -3.54. The number of benzene rings is 3. The monoisotopic (exact) mass is 695 g/mol. The van der Waals surface area contributed by atoms with E-state index in [-0.39, 0.29) is 43.2 Å². The first-order chi connectivity index (χ1) is 22.4. The summed E-state index contributed by atoms with van der Waals surface area (Å²) < 4.78 is 7.81. The summed E-state index contributed by atoms with van der Waals surface area (Å²) in [5, 5.41) is 27.1. The molecule has 1 aliphatic heterocycles. The number of hydrogen-bond donors (Lipinski definition) is 3. The van der Waals surface area contributed by atoms with E-state index in [2.05, 4.69) is 45.4 Å². The summed E-state index contributed by atoms with van der Waals surface area (Å²) in [7, 11) is -1.63. The van der Waals surface area contributed by atoms with Gasteiger partial charge in [0.25, 0.3) is 0 Å². The zero-order valence-corrected chi connectivity index (χ0v) is 29.4. The van der Waals surface area contributed by atoms with Gasteiger partial charge in [0.2, 0.25) is 5.91 Å². The van der Waals surface area contributed by atoms with Crippen LogP contribution in [0.3, 0.4) is 0 Å². The van der Waals surface area contributed by atoms with Crippen molar-refractivity contribution >= 4 is 43.5 Å².